The summed E-state index contributed by atoms with van der Waals surface area (Å²) in [5, 5.41) is 3.02. The molecule has 3 rings (SSSR count). The first-order chi connectivity index (χ1) is 12.1. The van der Waals surface area contributed by atoms with Crippen LogP contribution in [0.3, 0.4) is 0 Å². The van der Waals surface area contributed by atoms with E-state index in [9.17, 15) is 9.59 Å². The quantitative estimate of drug-likeness (QED) is 0.804. The Kier molecular flexibility index (Phi) is 5.87. The van der Waals surface area contributed by atoms with Crippen LogP contribution in [0, 0.1) is 0 Å². The topological polar surface area (TPSA) is 52.7 Å². The molecule has 0 radical (unpaired) electrons. The summed E-state index contributed by atoms with van der Waals surface area (Å²) >= 11 is 0. The molecule has 134 valence electrons. The van der Waals surface area contributed by atoms with Crippen LogP contribution in [-0.4, -0.2) is 60.4 Å². The van der Waals surface area contributed by atoms with Gasteiger partial charge in [0.25, 0.3) is 0 Å². The summed E-state index contributed by atoms with van der Waals surface area (Å²) in [4.78, 5) is 28.4. The molecule has 0 atom stereocenters. The lowest BCUT2D eigenvalue weighted by Gasteiger charge is -2.34. The minimum absolute atomic E-state index is 0.0764. The molecule has 5 heteroatoms. The van der Waals surface area contributed by atoms with Crippen molar-refractivity contribution >= 4 is 17.4 Å². The van der Waals surface area contributed by atoms with Gasteiger partial charge in [-0.15, -0.1) is 0 Å². The molecule has 0 aromatic heterocycles. The van der Waals surface area contributed by atoms with Crippen LogP contribution in [0.15, 0.2) is 36.4 Å². The van der Waals surface area contributed by atoms with Crippen LogP contribution in [0.5, 0.6) is 0 Å². The number of nitrogens with one attached hydrogen (secondary N) is 1. The van der Waals surface area contributed by atoms with E-state index < -0.39 is 0 Å². The Bertz CT molecular complexity index is 630. The number of nitrogens with zero attached hydrogens (tertiary/aromatic N) is 2. The number of benzene rings is 1. The van der Waals surface area contributed by atoms with E-state index in [1.165, 1.54) is 0 Å². The monoisotopic (exact) mass is 341 g/mol. The van der Waals surface area contributed by atoms with E-state index in [0.29, 0.717) is 12.5 Å². The van der Waals surface area contributed by atoms with Crippen LogP contribution < -0.4 is 5.32 Å². The largest absolute Gasteiger partial charge is 0.353 e. The average molecular weight is 341 g/mol. The highest BCUT2D eigenvalue weighted by atomic mass is 16.2. The molecular weight excluding hydrogens is 314 g/mol. The molecular formula is C20H27N3O2. The maximum Gasteiger partial charge on any atom is 0.246 e. The SMILES string of the molecule is C/C(=C/C(=O)N1CCN(CCC(=O)NC2CC2)CC1)c1ccccc1. The highest BCUT2D eigenvalue weighted by molar-refractivity contribution is 5.94. The summed E-state index contributed by atoms with van der Waals surface area (Å²) in [5.41, 5.74) is 2.07. The predicted octanol–water partition coefficient (Wildman–Crippen LogP) is 1.90. The minimum Gasteiger partial charge on any atom is -0.353 e. The Morgan fingerprint density at radius 2 is 1.80 bits per heavy atom. The van der Waals surface area contributed by atoms with Crippen LogP contribution in [0.4, 0.5) is 0 Å². The summed E-state index contributed by atoms with van der Waals surface area (Å²) in [5.74, 6) is 0.231. The zero-order chi connectivity index (χ0) is 17.6. The number of piperazine rings is 1. The number of rotatable bonds is 6. The third kappa shape index (κ3) is 5.43. The van der Waals surface area contributed by atoms with Gasteiger partial charge in [-0.05, 0) is 30.9 Å². The summed E-state index contributed by atoms with van der Waals surface area (Å²) < 4.78 is 0. The fourth-order valence-corrected chi connectivity index (χ4v) is 3.04. The van der Waals surface area contributed by atoms with Gasteiger partial charge in [0.15, 0.2) is 0 Å². The highest BCUT2D eigenvalue weighted by Crippen LogP contribution is 2.18. The second-order valence-electron chi connectivity index (χ2n) is 6.95. The van der Waals surface area contributed by atoms with Gasteiger partial charge >= 0.3 is 0 Å². The molecule has 1 saturated carbocycles. The van der Waals surface area contributed by atoms with Crippen molar-refractivity contribution in [1.29, 1.82) is 0 Å². The fourth-order valence-electron chi connectivity index (χ4n) is 3.04. The number of carbonyl (C=O) groups excluding carboxylic acids is 2. The molecule has 1 aliphatic carbocycles. The molecule has 0 spiro atoms. The van der Waals surface area contributed by atoms with Gasteiger partial charge in [-0.25, -0.2) is 0 Å². The maximum absolute atomic E-state index is 12.4. The van der Waals surface area contributed by atoms with Crippen molar-refractivity contribution in [3.05, 3.63) is 42.0 Å². The van der Waals surface area contributed by atoms with Gasteiger partial charge in [0.05, 0.1) is 0 Å². The van der Waals surface area contributed by atoms with E-state index in [0.717, 1.165) is 56.7 Å². The van der Waals surface area contributed by atoms with Crippen LogP contribution >= 0.6 is 0 Å². The minimum atomic E-state index is 0.0764. The normalized spacial score (nSPS) is 18.9. The Balaban J connectivity index is 1.42. The molecule has 1 heterocycles. The second-order valence-corrected chi connectivity index (χ2v) is 6.95. The number of allylic oxidation sites excluding steroid dienone is 1. The van der Waals surface area contributed by atoms with Crippen LogP contribution in [0.2, 0.25) is 0 Å². The van der Waals surface area contributed by atoms with Gasteiger partial charge in [-0.3, -0.25) is 14.5 Å². The first-order valence-electron chi connectivity index (χ1n) is 9.16. The molecule has 2 amide bonds. The number of carbonyl (C=O) groups is 2. The summed E-state index contributed by atoms with van der Waals surface area (Å²) in [7, 11) is 0. The van der Waals surface area contributed by atoms with E-state index in [2.05, 4.69) is 10.2 Å². The van der Waals surface area contributed by atoms with E-state index in [1.54, 1.807) is 6.08 Å². The Morgan fingerprint density at radius 3 is 2.44 bits per heavy atom. The molecule has 25 heavy (non-hydrogen) atoms. The van der Waals surface area contributed by atoms with Gasteiger partial charge in [0.2, 0.25) is 11.8 Å². The first-order valence-corrected chi connectivity index (χ1v) is 9.16. The second kappa shape index (κ2) is 8.30. The summed E-state index contributed by atoms with van der Waals surface area (Å²) in [6, 6.07) is 10.4. The van der Waals surface area contributed by atoms with Crippen molar-refractivity contribution in [3.63, 3.8) is 0 Å². The molecule has 1 aliphatic heterocycles. The molecule has 1 aromatic rings. The van der Waals surface area contributed by atoms with Crippen molar-refractivity contribution in [1.82, 2.24) is 15.1 Å². The van der Waals surface area contributed by atoms with Crippen LogP contribution in [0.25, 0.3) is 5.57 Å². The summed E-state index contributed by atoms with van der Waals surface area (Å²) in [6.45, 7) is 5.87. The smallest absolute Gasteiger partial charge is 0.246 e. The summed E-state index contributed by atoms with van der Waals surface area (Å²) in [6.07, 6.45) is 4.54. The lowest BCUT2D eigenvalue weighted by Crippen LogP contribution is -2.49. The van der Waals surface area contributed by atoms with Gasteiger partial charge in [-0.2, -0.15) is 0 Å². The Hall–Kier alpha value is -2.14. The molecule has 1 saturated heterocycles. The zero-order valence-electron chi connectivity index (χ0n) is 14.9. The van der Waals surface area contributed by atoms with Gasteiger partial charge < -0.3 is 10.2 Å². The van der Waals surface area contributed by atoms with Crippen molar-refractivity contribution in [2.45, 2.75) is 32.2 Å². The van der Waals surface area contributed by atoms with Gasteiger partial charge in [0.1, 0.15) is 0 Å². The molecule has 0 unspecified atom stereocenters. The van der Waals surface area contributed by atoms with Crippen LogP contribution in [-0.2, 0) is 9.59 Å². The molecule has 2 fully saturated rings. The van der Waals surface area contributed by atoms with Gasteiger partial charge in [-0.1, -0.05) is 30.3 Å². The van der Waals surface area contributed by atoms with E-state index in [4.69, 9.17) is 0 Å². The third-order valence-corrected chi connectivity index (χ3v) is 4.85. The lowest BCUT2D eigenvalue weighted by molar-refractivity contribution is -0.128. The van der Waals surface area contributed by atoms with Crippen LogP contribution in [0.1, 0.15) is 31.7 Å². The predicted molar refractivity (Wildman–Crippen MR) is 98.9 cm³/mol. The van der Waals surface area contributed by atoms with Gasteiger partial charge in [0, 0.05) is 51.3 Å². The standard InChI is InChI=1S/C20H27N3O2/c1-16(17-5-3-2-4-6-17)15-20(25)23-13-11-22(12-14-23)10-9-19(24)21-18-7-8-18/h2-6,15,18H,7-14H2,1H3,(H,21,24)/b16-15-. The van der Waals surface area contributed by atoms with E-state index in [-0.39, 0.29) is 11.8 Å². The zero-order valence-corrected chi connectivity index (χ0v) is 14.9. The van der Waals surface area contributed by atoms with Crippen molar-refractivity contribution in [3.8, 4) is 0 Å². The number of hydrogen-bond donors (Lipinski definition) is 1. The number of amides is 2. The van der Waals surface area contributed by atoms with E-state index in [1.807, 2.05) is 42.2 Å². The Morgan fingerprint density at radius 1 is 1.12 bits per heavy atom. The first kappa shape index (κ1) is 17.7. The lowest BCUT2D eigenvalue weighted by atomic mass is 10.1. The fraction of sp³-hybridized carbons (Fsp3) is 0.500. The van der Waals surface area contributed by atoms with E-state index >= 15 is 0 Å². The molecule has 2 aliphatic rings. The molecule has 1 aromatic carbocycles. The molecule has 5 nitrogen and oxygen atoms in total. The van der Waals surface area contributed by atoms with Crippen molar-refractivity contribution < 1.29 is 9.59 Å². The molecule has 1 N–H and O–H groups in total. The highest BCUT2D eigenvalue weighted by Gasteiger charge is 2.24. The van der Waals surface area contributed by atoms with Crippen molar-refractivity contribution in [2.75, 3.05) is 32.7 Å². The molecule has 0 bridgehead atoms. The average Bonchev–Trinajstić information content (AvgIpc) is 3.45. The number of hydrogen-bond acceptors (Lipinski definition) is 3. The maximum atomic E-state index is 12.4. The Labute approximate surface area is 149 Å². The third-order valence-electron chi connectivity index (χ3n) is 4.85. The van der Waals surface area contributed by atoms with Crippen molar-refractivity contribution in [2.24, 2.45) is 0 Å².